The summed E-state index contributed by atoms with van der Waals surface area (Å²) in [6.07, 6.45) is 0. The van der Waals surface area contributed by atoms with Crippen LogP contribution in [-0.4, -0.2) is 48.1 Å². The predicted molar refractivity (Wildman–Crippen MR) is 78.4 cm³/mol. The molecule has 2 aromatic carbocycles. The Bertz CT molecular complexity index is 574. The molecule has 0 saturated carbocycles. The molecule has 1 N–H and O–H groups in total. The van der Waals surface area contributed by atoms with Crippen LogP contribution in [-0.2, 0) is 6.54 Å². The molecule has 0 aromatic heterocycles. The zero-order valence-corrected chi connectivity index (χ0v) is 11.3. The quantitative estimate of drug-likeness (QED) is 0.893. The number of aromatic hydroxyl groups is 1. The summed E-state index contributed by atoms with van der Waals surface area (Å²) < 4.78 is 0. The molecule has 0 bridgehead atoms. The Morgan fingerprint density at radius 2 is 1.74 bits per heavy atom. The first-order valence-corrected chi connectivity index (χ1v) is 6.84. The minimum absolute atomic E-state index is 0.414. The first kappa shape index (κ1) is 12.5. The first-order chi connectivity index (χ1) is 9.24. The highest BCUT2D eigenvalue weighted by Crippen LogP contribution is 2.28. The van der Waals surface area contributed by atoms with Crippen LogP contribution in [0.4, 0.5) is 0 Å². The normalized spacial score (nSPS) is 17.9. The molecule has 1 fully saturated rings. The van der Waals surface area contributed by atoms with Crippen molar-refractivity contribution < 1.29 is 5.11 Å². The SMILES string of the molecule is CN1CCN(Cc2c(O)ccc3ccccc23)CC1. The molecule has 100 valence electrons. The fraction of sp³-hybridized carbons (Fsp3) is 0.375. The highest BCUT2D eigenvalue weighted by Gasteiger charge is 2.16. The molecule has 1 aliphatic heterocycles. The van der Waals surface area contributed by atoms with Gasteiger partial charge in [0.05, 0.1) is 0 Å². The lowest BCUT2D eigenvalue weighted by molar-refractivity contribution is 0.147. The number of likely N-dealkylation sites (N-methyl/N-ethyl adjacent to an activating group) is 1. The van der Waals surface area contributed by atoms with E-state index in [1.165, 1.54) is 10.8 Å². The minimum atomic E-state index is 0.414. The predicted octanol–water partition coefficient (Wildman–Crippen LogP) is 2.29. The van der Waals surface area contributed by atoms with Gasteiger partial charge in [0.2, 0.25) is 0 Å². The van der Waals surface area contributed by atoms with E-state index in [1.807, 2.05) is 24.3 Å². The lowest BCUT2D eigenvalue weighted by Gasteiger charge is -2.32. The summed E-state index contributed by atoms with van der Waals surface area (Å²) >= 11 is 0. The summed E-state index contributed by atoms with van der Waals surface area (Å²) in [7, 11) is 2.16. The number of phenolic OH excluding ortho intramolecular Hbond substituents is 1. The monoisotopic (exact) mass is 256 g/mol. The van der Waals surface area contributed by atoms with E-state index >= 15 is 0 Å². The maximum absolute atomic E-state index is 10.2. The van der Waals surface area contributed by atoms with Gasteiger partial charge in [0.25, 0.3) is 0 Å². The van der Waals surface area contributed by atoms with Crippen LogP contribution in [0.2, 0.25) is 0 Å². The van der Waals surface area contributed by atoms with Crippen LogP contribution in [0.15, 0.2) is 36.4 Å². The van der Waals surface area contributed by atoms with Gasteiger partial charge in [0.1, 0.15) is 5.75 Å². The Morgan fingerprint density at radius 3 is 2.53 bits per heavy atom. The molecule has 19 heavy (non-hydrogen) atoms. The molecule has 3 nitrogen and oxygen atoms in total. The summed E-state index contributed by atoms with van der Waals surface area (Å²) in [6.45, 7) is 5.18. The average Bonchev–Trinajstić information content (AvgIpc) is 2.44. The second-order valence-electron chi connectivity index (χ2n) is 5.36. The van der Waals surface area contributed by atoms with Crippen LogP contribution < -0.4 is 0 Å². The van der Waals surface area contributed by atoms with Crippen molar-refractivity contribution in [2.24, 2.45) is 0 Å². The van der Waals surface area contributed by atoms with Crippen molar-refractivity contribution in [2.75, 3.05) is 33.2 Å². The van der Waals surface area contributed by atoms with Crippen LogP contribution in [0.5, 0.6) is 5.75 Å². The van der Waals surface area contributed by atoms with Gasteiger partial charge in [0.15, 0.2) is 0 Å². The Morgan fingerprint density at radius 1 is 1.00 bits per heavy atom. The number of phenols is 1. The molecule has 0 atom stereocenters. The highest BCUT2D eigenvalue weighted by atomic mass is 16.3. The number of piperazine rings is 1. The second kappa shape index (κ2) is 5.19. The van der Waals surface area contributed by atoms with Crippen LogP contribution in [0, 0.1) is 0 Å². The van der Waals surface area contributed by atoms with Crippen LogP contribution in [0.3, 0.4) is 0 Å². The molecule has 3 rings (SSSR count). The van der Waals surface area contributed by atoms with Crippen LogP contribution in [0.1, 0.15) is 5.56 Å². The molecule has 1 heterocycles. The molecule has 2 aromatic rings. The zero-order chi connectivity index (χ0) is 13.2. The first-order valence-electron chi connectivity index (χ1n) is 6.84. The number of nitrogens with zero attached hydrogens (tertiary/aromatic N) is 2. The third-order valence-corrected chi connectivity index (χ3v) is 3.99. The van der Waals surface area contributed by atoms with Crippen molar-refractivity contribution in [3.8, 4) is 5.75 Å². The molecule has 0 spiro atoms. The van der Waals surface area contributed by atoms with Gasteiger partial charge >= 0.3 is 0 Å². The highest BCUT2D eigenvalue weighted by molar-refractivity contribution is 5.87. The van der Waals surface area contributed by atoms with Crippen LogP contribution in [0.25, 0.3) is 10.8 Å². The molecule has 0 aliphatic carbocycles. The number of hydrogen-bond acceptors (Lipinski definition) is 3. The molecule has 0 amide bonds. The van der Waals surface area contributed by atoms with Crippen molar-refractivity contribution in [3.63, 3.8) is 0 Å². The maximum Gasteiger partial charge on any atom is 0.120 e. The van der Waals surface area contributed by atoms with Gasteiger partial charge in [-0.2, -0.15) is 0 Å². The molecule has 1 saturated heterocycles. The van der Waals surface area contributed by atoms with Crippen molar-refractivity contribution in [3.05, 3.63) is 42.0 Å². The van der Waals surface area contributed by atoms with Crippen molar-refractivity contribution in [2.45, 2.75) is 6.54 Å². The molecule has 0 radical (unpaired) electrons. The Labute approximate surface area is 114 Å². The number of fused-ring (bicyclic) bond motifs is 1. The van der Waals surface area contributed by atoms with E-state index in [1.54, 1.807) is 0 Å². The Balaban J connectivity index is 1.89. The number of rotatable bonds is 2. The largest absolute Gasteiger partial charge is 0.508 e. The van der Waals surface area contributed by atoms with Gasteiger partial charge in [-0.05, 0) is 23.9 Å². The summed E-state index contributed by atoms with van der Waals surface area (Å²) in [5.74, 6) is 0.414. The number of hydrogen-bond donors (Lipinski definition) is 1. The van der Waals surface area contributed by atoms with Gasteiger partial charge in [0, 0.05) is 38.3 Å². The summed E-state index contributed by atoms with van der Waals surface area (Å²) in [5.41, 5.74) is 1.06. The fourth-order valence-corrected chi connectivity index (χ4v) is 2.72. The molecular formula is C16H20N2O. The van der Waals surface area contributed by atoms with E-state index in [0.717, 1.165) is 38.3 Å². The second-order valence-corrected chi connectivity index (χ2v) is 5.36. The van der Waals surface area contributed by atoms with Gasteiger partial charge in [-0.15, -0.1) is 0 Å². The number of benzene rings is 2. The topological polar surface area (TPSA) is 26.7 Å². The van der Waals surface area contributed by atoms with E-state index in [0.29, 0.717) is 5.75 Å². The standard InChI is InChI=1S/C16H20N2O/c1-17-8-10-18(11-9-17)12-15-14-5-3-2-4-13(14)6-7-16(15)19/h2-7,19H,8-12H2,1H3. The van der Waals surface area contributed by atoms with E-state index in [9.17, 15) is 5.11 Å². The van der Waals surface area contributed by atoms with Gasteiger partial charge < -0.3 is 10.0 Å². The lowest BCUT2D eigenvalue weighted by atomic mass is 10.0. The summed E-state index contributed by atoms with van der Waals surface area (Å²) in [5, 5.41) is 12.5. The van der Waals surface area contributed by atoms with Crippen LogP contribution >= 0.6 is 0 Å². The smallest absolute Gasteiger partial charge is 0.120 e. The third-order valence-electron chi connectivity index (χ3n) is 3.99. The van der Waals surface area contributed by atoms with Gasteiger partial charge in [-0.25, -0.2) is 0 Å². The van der Waals surface area contributed by atoms with Gasteiger partial charge in [-0.1, -0.05) is 30.3 Å². The summed E-state index contributed by atoms with van der Waals surface area (Å²) in [6, 6.07) is 12.1. The van der Waals surface area contributed by atoms with Crippen molar-refractivity contribution >= 4 is 10.8 Å². The van der Waals surface area contributed by atoms with Crippen molar-refractivity contribution in [1.29, 1.82) is 0 Å². The Hall–Kier alpha value is -1.58. The molecule has 3 heteroatoms. The molecule has 1 aliphatic rings. The van der Waals surface area contributed by atoms with Gasteiger partial charge in [-0.3, -0.25) is 4.90 Å². The Kier molecular flexibility index (Phi) is 3.40. The van der Waals surface area contributed by atoms with E-state index in [2.05, 4.69) is 29.0 Å². The zero-order valence-electron chi connectivity index (χ0n) is 11.3. The minimum Gasteiger partial charge on any atom is -0.508 e. The maximum atomic E-state index is 10.2. The van der Waals surface area contributed by atoms with Crippen molar-refractivity contribution in [1.82, 2.24) is 9.80 Å². The van der Waals surface area contributed by atoms with E-state index < -0.39 is 0 Å². The van der Waals surface area contributed by atoms with E-state index in [-0.39, 0.29) is 0 Å². The summed E-state index contributed by atoms with van der Waals surface area (Å²) in [4.78, 5) is 4.76. The third kappa shape index (κ3) is 2.57. The molecular weight excluding hydrogens is 236 g/mol. The molecule has 0 unspecified atom stereocenters. The average molecular weight is 256 g/mol. The fourth-order valence-electron chi connectivity index (χ4n) is 2.72. The lowest BCUT2D eigenvalue weighted by Crippen LogP contribution is -2.43. The van der Waals surface area contributed by atoms with E-state index in [4.69, 9.17) is 0 Å².